The summed E-state index contributed by atoms with van der Waals surface area (Å²) in [5.41, 5.74) is -0.839. The SMILES string of the molecule is CCS(=O)(=O)c1cc(-n2cnc(C#N)n2)cnc1-c1nnc(-c2cc(C(F)(F)F)ccn2)n1C. The Morgan fingerprint density at radius 3 is 2.50 bits per heavy atom. The van der Waals surface area contributed by atoms with E-state index in [1.807, 2.05) is 0 Å². The first-order chi connectivity index (χ1) is 16.0. The first-order valence-electron chi connectivity index (χ1n) is 9.53. The molecule has 0 aliphatic rings. The highest BCUT2D eigenvalue weighted by Gasteiger charge is 2.31. The van der Waals surface area contributed by atoms with Crippen LogP contribution in [0.2, 0.25) is 0 Å². The fraction of sp³-hybridized carbons (Fsp3) is 0.211. The molecular weight excluding hydrogens is 475 g/mol. The third kappa shape index (κ3) is 4.10. The van der Waals surface area contributed by atoms with Gasteiger partial charge in [0.25, 0.3) is 5.82 Å². The maximum atomic E-state index is 13.1. The number of hydrogen-bond donors (Lipinski definition) is 0. The Balaban J connectivity index is 1.86. The molecule has 0 bridgehead atoms. The van der Waals surface area contributed by atoms with Crippen LogP contribution in [-0.4, -0.2) is 53.7 Å². The topological polar surface area (TPSA) is 145 Å². The molecular formula is C19H14F3N9O2S. The number of alkyl halides is 3. The van der Waals surface area contributed by atoms with Crippen LogP contribution in [0.4, 0.5) is 13.2 Å². The second kappa shape index (κ2) is 8.30. The Morgan fingerprint density at radius 2 is 1.85 bits per heavy atom. The number of rotatable bonds is 5. The van der Waals surface area contributed by atoms with Gasteiger partial charge in [-0.1, -0.05) is 6.92 Å². The number of nitriles is 1. The normalized spacial score (nSPS) is 12.0. The summed E-state index contributed by atoms with van der Waals surface area (Å²) in [7, 11) is -2.38. The van der Waals surface area contributed by atoms with Crippen LogP contribution in [-0.2, 0) is 23.1 Å². The van der Waals surface area contributed by atoms with Gasteiger partial charge in [-0.15, -0.1) is 15.3 Å². The number of halogens is 3. The summed E-state index contributed by atoms with van der Waals surface area (Å²) < 4.78 is 67.5. The summed E-state index contributed by atoms with van der Waals surface area (Å²) in [5.74, 6) is -0.382. The summed E-state index contributed by atoms with van der Waals surface area (Å²) >= 11 is 0. The molecule has 0 amide bonds. The van der Waals surface area contributed by atoms with Crippen molar-refractivity contribution in [2.75, 3.05) is 5.75 Å². The fourth-order valence-electron chi connectivity index (χ4n) is 3.05. The molecule has 0 aliphatic carbocycles. The largest absolute Gasteiger partial charge is 0.416 e. The highest BCUT2D eigenvalue weighted by molar-refractivity contribution is 7.91. The lowest BCUT2D eigenvalue weighted by molar-refractivity contribution is -0.137. The summed E-state index contributed by atoms with van der Waals surface area (Å²) in [6, 6.07) is 4.72. The van der Waals surface area contributed by atoms with Crippen LogP contribution in [0.1, 0.15) is 18.3 Å². The molecule has 34 heavy (non-hydrogen) atoms. The van der Waals surface area contributed by atoms with E-state index in [1.54, 1.807) is 6.07 Å². The van der Waals surface area contributed by atoms with E-state index >= 15 is 0 Å². The van der Waals surface area contributed by atoms with Gasteiger partial charge in [-0.2, -0.15) is 18.4 Å². The van der Waals surface area contributed by atoms with E-state index in [4.69, 9.17) is 5.26 Å². The molecule has 0 radical (unpaired) electrons. The molecule has 0 aromatic carbocycles. The quantitative estimate of drug-likeness (QED) is 0.412. The van der Waals surface area contributed by atoms with Gasteiger partial charge in [0.15, 0.2) is 21.5 Å². The standard InChI is InChI=1S/C19H14F3N9O2S/c1-3-34(32,33)14-7-12(31-10-26-15(8-23)29-31)9-25-16(14)18-28-27-17(30(18)2)13-6-11(4-5-24-13)19(20,21)22/h4-7,9-10H,3H2,1-2H3. The maximum absolute atomic E-state index is 13.1. The average Bonchev–Trinajstić information content (AvgIpc) is 3.45. The van der Waals surface area contributed by atoms with Gasteiger partial charge in [-0.3, -0.25) is 4.98 Å². The number of pyridine rings is 2. The van der Waals surface area contributed by atoms with E-state index < -0.39 is 21.6 Å². The summed E-state index contributed by atoms with van der Waals surface area (Å²) in [6.45, 7) is 1.45. The summed E-state index contributed by atoms with van der Waals surface area (Å²) in [6.07, 6.45) is -1.04. The molecule has 0 aliphatic heterocycles. The zero-order chi connectivity index (χ0) is 24.7. The Labute approximate surface area is 190 Å². The predicted octanol–water partition coefficient (Wildman–Crippen LogP) is 2.20. The minimum atomic E-state index is -4.58. The Kier molecular flexibility index (Phi) is 5.61. The van der Waals surface area contributed by atoms with Crippen molar-refractivity contribution in [3.05, 3.63) is 48.3 Å². The maximum Gasteiger partial charge on any atom is 0.416 e. The molecule has 0 saturated carbocycles. The van der Waals surface area contributed by atoms with Crippen molar-refractivity contribution in [2.24, 2.45) is 7.05 Å². The van der Waals surface area contributed by atoms with Gasteiger partial charge in [0, 0.05) is 13.2 Å². The van der Waals surface area contributed by atoms with Gasteiger partial charge in [0.1, 0.15) is 23.8 Å². The zero-order valence-electron chi connectivity index (χ0n) is 17.6. The van der Waals surface area contributed by atoms with Crippen LogP contribution in [0.25, 0.3) is 28.7 Å². The third-order valence-corrected chi connectivity index (χ3v) is 6.55. The lowest BCUT2D eigenvalue weighted by Crippen LogP contribution is -2.11. The molecule has 15 heteroatoms. The lowest BCUT2D eigenvalue weighted by atomic mass is 10.2. The van der Waals surface area contributed by atoms with Crippen molar-refractivity contribution >= 4 is 9.84 Å². The van der Waals surface area contributed by atoms with Crippen molar-refractivity contribution in [3.8, 4) is 34.8 Å². The van der Waals surface area contributed by atoms with E-state index in [1.165, 1.54) is 41.8 Å². The smallest absolute Gasteiger partial charge is 0.307 e. The molecule has 4 heterocycles. The highest BCUT2D eigenvalue weighted by atomic mass is 32.2. The van der Waals surface area contributed by atoms with E-state index in [-0.39, 0.29) is 45.2 Å². The average molecular weight is 489 g/mol. The van der Waals surface area contributed by atoms with E-state index in [9.17, 15) is 21.6 Å². The molecule has 11 nitrogen and oxygen atoms in total. The predicted molar refractivity (Wildman–Crippen MR) is 110 cm³/mol. The molecule has 4 aromatic rings. The minimum Gasteiger partial charge on any atom is -0.307 e. The first-order valence-corrected chi connectivity index (χ1v) is 11.2. The monoisotopic (exact) mass is 489 g/mol. The molecule has 0 unspecified atom stereocenters. The molecule has 0 atom stereocenters. The number of sulfone groups is 1. The number of nitrogens with zero attached hydrogens (tertiary/aromatic N) is 9. The Morgan fingerprint density at radius 1 is 1.12 bits per heavy atom. The van der Waals surface area contributed by atoms with Crippen molar-refractivity contribution in [1.82, 2.24) is 39.5 Å². The number of hydrogen-bond acceptors (Lipinski definition) is 9. The van der Waals surface area contributed by atoms with Crippen LogP contribution in [0, 0.1) is 11.3 Å². The Bertz CT molecular complexity index is 1540. The van der Waals surface area contributed by atoms with E-state index in [0.29, 0.717) is 0 Å². The van der Waals surface area contributed by atoms with Crippen molar-refractivity contribution in [3.63, 3.8) is 0 Å². The van der Waals surface area contributed by atoms with Crippen LogP contribution >= 0.6 is 0 Å². The zero-order valence-corrected chi connectivity index (χ0v) is 18.4. The fourth-order valence-corrected chi connectivity index (χ4v) is 4.10. The van der Waals surface area contributed by atoms with Gasteiger partial charge in [-0.05, 0) is 18.2 Å². The third-order valence-electron chi connectivity index (χ3n) is 4.81. The molecule has 4 rings (SSSR count). The van der Waals surface area contributed by atoms with Crippen LogP contribution < -0.4 is 0 Å². The van der Waals surface area contributed by atoms with Crippen molar-refractivity contribution in [2.45, 2.75) is 18.0 Å². The van der Waals surface area contributed by atoms with Crippen LogP contribution in [0.3, 0.4) is 0 Å². The minimum absolute atomic E-state index is 0.00379. The molecule has 174 valence electrons. The van der Waals surface area contributed by atoms with Crippen LogP contribution in [0.5, 0.6) is 0 Å². The van der Waals surface area contributed by atoms with Gasteiger partial charge in [0.05, 0.1) is 28.1 Å². The number of aromatic nitrogens is 8. The first kappa shape index (κ1) is 23.0. The molecule has 0 N–H and O–H groups in total. The van der Waals surface area contributed by atoms with Crippen molar-refractivity contribution in [1.29, 1.82) is 5.26 Å². The lowest BCUT2D eigenvalue weighted by Gasteiger charge is -2.11. The van der Waals surface area contributed by atoms with Gasteiger partial charge in [-0.25, -0.2) is 23.1 Å². The van der Waals surface area contributed by atoms with Crippen LogP contribution in [0.15, 0.2) is 41.8 Å². The second-order valence-corrected chi connectivity index (χ2v) is 9.15. The molecule has 4 aromatic heterocycles. The molecule has 0 spiro atoms. The van der Waals surface area contributed by atoms with Crippen molar-refractivity contribution < 1.29 is 21.6 Å². The second-order valence-electron chi connectivity index (χ2n) is 6.90. The van der Waals surface area contributed by atoms with E-state index in [2.05, 4.69) is 30.2 Å². The Hall–Kier alpha value is -4.19. The summed E-state index contributed by atoms with van der Waals surface area (Å²) in [5, 5.41) is 20.7. The molecule has 0 fully saturated rings. The van der Waals surface area contributed by atoms with Gasteiger partial charge < -0.3 is 4.57 Å². The highest BCUT2D eigenvalue weighted by Crippen LogP contribution is 2.32. The summed E-state index contributed by atoms with van der Waals surface area (Å²) in [4.78, 5) is 11.7. The van der Waals surface area contributed by atoms with Gasteiger partial charge in [0.2, 0.25) is 0 Å². The van der Waals surface area contributed by atoms with Gasteiger partial charge >= 0.3 is 6.18 Å². The molecule has 0 saturated heterocycles. The van der Waals surface area contributed by atoms with E-state index in [0.717, 1.165) is 18.3 Å².